The van der Waals surface area contributed by atoms with Crippen molar-refractivity contribution in [3.05, 3.63) is 82.5 Å². The monoisotopic (exact) mass is 463 g/mol. The molecule has 0 aliphatic carbocycles. The van der Waals surface area contributed by atoms with E-state index in [1.165, 1.54) is 24.4 Å². The first-order chi connectivity index (χ1) is 15.9. The van der Waals surface area contributed by atoms with Crippen molar-refractivity contribution in [2.45, 2.75) is 12.8 Å². The number of rotatable bonds is 5. The molecular weight excluding hydrogens is 442 g/mol. The molecule has 4 rings (SSSR count). The number of likely N-dealkylation sites (tertiary alicyclic amines) is 1. The largest absolute Gasteiger partial charge is 0.508 e. The van der Waals surface area contributed by atoms with E-state index in [0.29, 0.717) is 16.4 Å². The molecule has 168 valence electrons. The van der Waals surface area contributed by atoms with Crippen LogP contribution in [0.4, 0.5) is 11.5 Å². The molecule has 8 nitrogen and oxygen atoms in total. The first kappa shape index (κ1) is 22.3. The third-order valence-electron chi connectivity index (χ3n) is 5.31. The summed E-state index contributed by atoms with van der Waals surface area (Å²) in [4.78, 5) is 31.6. The van der Waals surface area contributed by atoms with Crippen LogP contribution in [-0.2, 0) is 0 Å². The lowest BCUT2D eigenvalue weighted by Gasteiger charge is -2.18. The number of nitrogens with zero attached hydrogens (tertiary/aromatic N) is 2. The highest BCUT2D eigenvalue weighted by molar-refractivity contribution is 6.30. The fourth-order valence-corrected chi connectivity index (χ4v) is 3.67. The second-order valence-electron chi connectivity index (χ2n) is 7.62. The van der Waals surface area contributed by atoms with Crippen LogP contribution in [0.5, 0.6) is 5.75 Å². The van der Waals surface area contributed by atoms with Gasteiger partial charge in [-0.25, -0.2) is 4.98 Å². The van der Waals surface area contributed by atoms with Crippen molar-refractivity contribution in [3.8, 4) is 5.75 Å². The van der Waals surface area contributed by atoms with E-state index in [2.05, 4.69) is 15.6 Å². The van der Waals surface area contributed by atoms with Crippen LogP contribution in [0.25, 0.3) is 0 Å². The molecule has 1 aliphatic heterocycles. The van der Waals surface area contributed by atoms with Crippen molar-refractivity contribution in [1.82, 2.24) is 9.88 Å². The Hall–Kier alpha value is -3.91. The molecule has 0 bridgehead atoms. The number of pyridine rings is 1. The third-order valence-corrected chi connectivity index (χ3v) is 5.53. The highest BCUT2D eigenvalue weighted by atomic mass is 35.5. The number of anilines is 2. The van der Waals surface area contributed by atoms with Gasteiger partial charge in [0.05, 0.1) is 16.3 Å². The zero-order valence-electron chi connectivity index (χ0n) is 17.6. The molecule has 1 saturated heterocycles. The summed E-state index contributed by atoms with van der Waals surface area (Å²) in [5.41, 5.74) is 1.44. The second kappa shape index (κ2) is 9.70. The molecule has 1 fully saturated rings. The number of carbonyl (C=O) groups excluding carboxylic acids is 2. The lowest BCUT2D eigenvalue weighted by Crippen LogP contribution is -2.27. The van der Waals surface area contributed by atoms with Gasteiger partial charge in [0, 0.05) is 30.4 Å². The highest BCUT2D eigenvalue weighted by Crippen LogP contribution is 2.24. The van der Waals surface area contributed by atoms with Crippen molar-refractivity contribution in [3.63, 3.8) is 0 Å². The lowest BCUT2D eigenvalue weighted by molar-refractivity contribution is 0.102. The number of amidine groups is 1. The predicted octanol–water partition coefficient (Wildman–Crippen LogP) is 4.37. The molecular formula is C24H22ClN5O3. The molecule has 0 unspecified atom stereocenters. The number of hydrogen-bond acceptors (Lipinski definition) is 5. The maximum atomic E-state index is 12.8. The van der Waals surface area contributed by atoms with E-state index in [0.717, 1.165) is 31.5 Å². The van der Waals surface area contributed by atoms with E-state index in [9.17, 15) is 14.7 Å². The summed E-state index contributed by atoms with van der Waals surface area (Å²) >= 11 is 5.82. The van der Waals surface area contributed by atoms with Crippen molar-refractivity contribution in [2.24, 2.45) is 0 Å². The van der Waals surface area contributed by atoms with Gasteiger partial charge in [-0.1, -0.05) is 23.7 Å². The van der Waals surface area contributed by atoms with E-state index >= 15 is 0 Å². The molecule has 33 heavy (non-hydrogen) atoms. The summed E-state index contributed by atoms with van der Waals surface area (Å²) in [5.74, 6) is -0.357. The fraction of sp³-hybridized carbons (Fsp3) is 0.167. The van der Waals surface area contributed by atoms with Crippen LogP contribution in [0.1, 0.15) is 39.1 Å². The SMILES string of the molecule is N=C(c1ccc(C(=O)Nc2ccc(O)cc2C(=O)Nc2ccc(Cl)cn2)cc1)N1CCCC1. The lowest BCUT2D eigenvalue weighted by atomic mass is 10.1. The number of aromatic nitrogens is 1. The number of halogens is 1. The Kier molecular flexibility index (Phi) is 6.55. The van der Waals surface area contributed by atoms with Gasteiger partial charge in [-0.05, 0) is 55.3 Å². The van der Waals surface area contributed by atoms with Crippen LogP contribution in [0.3, 0.4) is 0 Å². The Labute approximate surface area is 195 Å². The number of amides is 2. The van der Waals surface area contributed by atoms with Gasteiger partial charge < -0.3 is 20.6 Å². The van der Waals surface area contributed by atoms with Crippen LogP contribution >= 0.6 is 11.6 Å². The number of nitrogens with one attached hydrogen (secondary N) is 3. The summed E-state index contributed by atoms with van der Waals surface area (Å²) in [7, 11) is 0. The van der Waals surface area contributed by atoms with Gasteiger partial charge in [0.15, 0.2) is 0 Å². The van der Waals surface area contributed by atoms with Gasteiger partial charge in [0.1, 0.15) is 17.4 Å². The van der Waals surface area contributed by atoms with Crippen molar-refractivity contribution in [1.29, 1.82) is 5.41 Å². The average Bonchev–Trinajstić information content (AvgIpc) is 3.36. The summed E-state index contributed by atoms with van der Waals surface area (Å²) in [6.07, 6.45) is 3.56. The van der Waals surface area contributed by atoms with E-state index in [1.807, 2.05) is 4.90 Å². The topological polar surface area (TPSA) is 118 Å². The van der Waals surface area contributed by atoms with Gasteiger partial charge in [-0.3, -0.25) is 15.0 Å². The fourth-order valence-electron chi connectivity index (χ4n) is 3.56. The molecule has 4 N–H and O–H groups in total. The summed E-state index contributed by atoms with van der Waals surface area (Å²) < 4.78 is 0. The second-order valence-corrected chi connectivity index (χ2v) is 8.06. The van der Waals surface area contributed by atoms with Crippen molar-refractivity contribution < 1.29 is 14.7 Å². The molecule has 0 spiro atoms. The average molecular weight is 464 g/mol. The Morgan fingerprint density at radius 2 is 1.64 bits per heavy atom. The number of hydrogen-bond donors (Lipinski definition) is 4. The Balaban J connectivity index is 1.49. The van der Waals surface area contributed by atoms with Crippen LogP contribution in [-0.4, -0.2) is 45.7 Å². The predicted molar refractivity (Wildman–Crippen MR) is 127 cm³/mol. The van der Waals surface area contributed by atoms with Crippen LogP contribution in [0, 0.1) is 5.41 Å². The Morgan fingerprint density at radius 1 is 0.939 bits per heavy atom. The first-order valence-electron chi connectivity index (χ1n) is 10.4. The minimum atomic E-state index is -0.551. The van der Waals surface area contributed by atoms with Crippen molar-refractivity contribution >= 4 is 40.8 Å². The summed E-state index contributed by atoms with van der Waals surface area (Å²) in [6.45, 7) is 1.75. The number of phenols is 1. The molecule has 0 saturated carbocycles. The molecule has 0 atom stereocenters. The first-order valence-corrected chi connectivity index (χ1v) is 10.8. The maximum absolute atomic E-state index is 12.8. The van der Waals surface area contributed by atoms with Crippen LogP contribution in [0.2, 0.25) is 5.02 Å². The molecule has 1 aromatic heterocycles. The standard InChI is InChI=1S/C24H22ClN5O3/c25-17-7-10-21(27-14-17)29-24(33)19-13-18(31)8-9-20(19)28-23(32)16-5-3-15(4-6-16)22(26)30-11-1-2-12-30/h3-10,13-14,26,31H,1-2,11-12H2,(H,28,32)(H,27,29,33). The molecule has 2 heterocycles. The van der Waals surface area contributed by atoms with Gasteiger partial charge >= 0.3 is 0 Å². The third kappa shape index (κ3) is 5.30. The van der Waals surface area contributed by atoms with E-state index in [-0.39, 0.29) is 22.8 Å². The number of benzene rings is 2. The summed E-state index contributed by atoms with van der Waals surface area (Å²) in [6, 6.07) is 14.0. The van der Waals surface area contributed by atoms with Gasteiger partial charge in [0.2, 0.25) is 0 Å². The van der Waals surface area contributed by atoms with Crippen molar-refractivity contribution in [2.75, 3.05) is 23.7 Å². The van der Waals surface area contributed by atoms with Crippen LogP contribution < -0.4 is 10.6 Å². The normalized spacial score (nSPS) is 12.9. The Bertz CT molecular complexity index is 1190. The molecule has 2 amide bonds. The zero-order chi connectivity index (χ0) is 23.4. The Morgan fingerprint density at radius 3 is 2.30 bits per heavy atom. The summed E-state index contributed by atoms with van der Waals surface area (Å²) in [5, 5.41) is 24.0. The van der Waals surface area contributed by atoms with Gasteiger partial charge in [-0.2, -0.15) is 0 Å². The number of carbonyl (C=O) groups is 2. The van der Waals surface area contributed by atoms with Gasteiger partial charge in [-0.15, -0.1) is 0 Å². The highest BCUT2D eigenvalue weighted by Gasteiger charge is 2.18. The van der Waals surface area contributed by atoms with E-state index in [4.69, 9.17) is 17.0 Å². The number of aromatic hydroxyl groups is 1. The molecule has 2 aromatic carbocycles. The zero-order valence-corrected chi connectivity index (χ0v) is 18.4. The number of phenolic OH excluding ortho intramolecular Hbond substituents is 1. The molecule has 9 heteroatoms. The van der Waals surface area contributed by atoms with E-state index in [1.54, 1.807) is 36.4 Å². The maximum Gasteiger partial charge on any atom is 0.259 e. The minimum Gasteiger partial charge on any atom is -0.508 e. The molecule has 0 radical (unpaired) electrons. The van der Waals surface area contributed by atoms with Crippen LogP contribution in [0.15, 0.2) is 60.8 Å². The minimum absolute atomic E-state index is 0.0764. The van der Waals surface area contributed by atoms with Gasteiger partial charge in [0.25, 0.3) is 11.8 Å². The smallest absolute Gasteiger partial charge is 0.259 e. The molecule has 1 aliphatic rings. The quantitative estimate of drug-likeness (QED) is 0.254. The van der Waals surface area contributed by atoms with E-state index < -0.39 is 11.8 Å². The molecule has 3 aromatic rings.